The van der Waals surface area contributed by atoms with Crippen LogP contribution in [0.4, 0.5) is 8.78 Å². The Morgan fingerprint density at radius 1 is 1.04 bits per heavy atom. The molecule has 6 heteroatoms. The number of ether oxygens (including phenoxy) is 2. The average molecular weight is 347 g/mol. The van der Waals surface area contributed by atoms with Crippen LogP contribution in [0.25, 0.3) is 0 Å². The van der Waals surface area contributed by atoms with Crippen molar-refractivity contribution < 1.29 is 23.0 Å². The monoisotopic (exact) mass is 347 g/mol. The second-order valence-electron chi connectivity index (χ2n) is 6.22. The molecule has 0 aliphatic carbocycles. The zero-order valence-electron chi connectivity index (χ0n) is 14.0. The standard InChI is InChI=1S/C19H19F2NO3/c1-11(2)18(12-3-6-16-17(9-12)25-8-7-24-16)22-19(23)14-5-4-13(20)10-15(14)21/h3-6,9-11,18H,7-8H2,1-2H3,(H,22,23)/t18-/m1/s1. The third-order valence-electron chi connectivity index (χ3n) is 4.05. The van der Waals surface area contributed by atoms with E-state index < -0.39 is 17.5 Å². The molecule has 0 spiro atoms. The van der Waals surface area contributed by atoms with Crippen LogP contribution in [0.1, 0.15) is 35.8 Å². The summed E-state index contributed by atoms with van der Waals surface area (Å²) >= 11 is 0. The maximum absolute atomic E-state index is 13.8. The van der Waals surface area contributed by atoms with Gasteiger partial charge in [-0.25, -0.2) is 8.78 Å². The van der Waals surface area contributed by atoms with Gasteiger partial charge in [-0.2, -0.15) is 0 Å². The normalized spacial score (nSPS) is 14.3. The molecule has 2 aromatic carbocycles. The highest BCUT2D eigenvalue weighted by molar-refractivity contribution is 5.94. The second-order valence-corrected chi connectivity index (χ2v) is 6.22. The smallest absolute Gasteiger partial charge is 0.254 e. The Morgan fingerprint density at radius 3 is 2.44 bits per heavy atom. The topological polar surface area (TPSA) is 47.6 Å². The fourth-order valence-corrected chi connectivity index (χ4v) is 2.78. The minimum atomic E-state index is -0.887. The number of nitrogens with one attached hydrogen (secondary N) is 1. The third kappa shape index (κ3) is 3.73. The van der Waals surface area contributed by atoms with E-state index in [0.717, 1.165) is 17.7 Å². The number of carbonyl (C=O) groups excluding carboxylic acids is 1. The van der Waals surface area contributed by atoms with Gasteiger partial charge >= 0.3 is 0 Å². The summed E-state index contributed by atoms with van der Waals surface area (Å²) in [6.07, 6.45) is 0. The zero-order valence-corrected chi connectivity index (χ0v) is 14.0. The van der Waals surface area contributed by atoms with Crippen molar-refractivity contribution in [1.29, 1.82) is 0 Å². The van der Waals surface area contributed by atoms with Gasteiger partial charge in [-0.1, -0.05) is 19.9 Å². The maximum Gasteiger partial charge on any atom is 0.254 e. The van der Waals surface area contributed by atoms with Gasteiger partial charge < -0.3 is 14.8 Å². The summed E-state index contributed by atoms with van der Waals surface area (Å²) in [5.41, 5.74) is 0.639. The lowest BCUT2D eigenvalue weighted by molar-refractivity contribution is 0.0921. The molecule has 132 valence electrons. The molecule has 1 atom stereocenters. The summed E-state index contributed by atoms with van der Waals surface area (Å²) in [4.78, 5) is 12.4. The first-order valence-corrected chi connectivity index (χ1v) is 8.11. The van der Waals surface area contributed by atoms with E-state index in [-0.39, 0.29) is 17.5 Å². The SMILES string of the molecule is CC(C)[C@@H](NC(=O)c1ccc(F)cc1F)c1ccc2c(c1)OCCO2. The Bertz CT molecular complexity index is 792. The molecule has 4 nitrogen and oxygen atoms in total. The molecule has 25 heavy (non-hydrogen) atoms. The van der Waals surface area contributed by atoms with Gasteiger partial charge in [0.2, 0.25) is 0 Å². The largest absolute Gasteiger partial charge is 0.486 e. The summed E-state index contributed by atoms with van der Waals surface area (Å²) in [5.74, 6) is -0.866. The van der Waals surface area contributed by atoms with Gasteiger partial charge in [-0.3, -0.25) is 4.79 Å². The van der Waals surface area contributed by atoms with Gasteiger partial charge in [0.15, 0.2) is 11.5 Å². The molecule has 3 rings (SSSR count). The van der Waals surface area contributed by atoms with Crippen LogP contribution in [0.3, 0.4) is 0 Å². The molecule has 1 amide bonds. The number of benzene rings is 2. The molecule has 0 radical (unpaired) electrons. The minimum Gasteiger partial charge on any atom is -0.486 e. The van der Waals surface area contributed by atoms with Crippen LogP contribution >= 0.6 is 0 Å². The first-order chi connectivity index (χ1) is 12.0. The van der Waals surface area contributed by atoms with Crippen LogP contribution in [0.5, 0.6) is 11.5 Å². The Hall–Kier alpha value is -2.63. The lowest BCUT2D eigenvalue weighted by atomic mass is 9.95. The molecule has 0 saturated carbocycles. The Morgan fingerprint density at radius 2 is 1.76 bits per heavy atom. The van der Waals surface area contributed by atoms with E-state index in [2.05, 4.69) is 5.32 Å². The summed E-state index contributed by atoms with van der Waals surface area (Å²) in [5, 5.41) is 2.82. The van der Waals surface area contributed by atoms with E-state index in [4.69, 9.17) is 9.47 Å². The average Bonchev–Trinajstić information content (AvgIpc) is 2.58. The number of fused-ring (bicyclic) bond motifs is 1. The van der Waals surface area contributed by atoms with E-state index in [1.807, 2.05) is 26.0 Å². The third-order valence-corrected chi connectivity index (χ3v) is 4.05. The molecule has 1 aliphatic rings. The predicted molar refractivity (Wildman–Crippen MR) is 88.8 cm³/mol. The number of hydrogen-bond donors (Lipinski definition) is 1. The van der Waals surface area contributed by atoms with E-state index in [0.29, 0.717) is 30.8 Å². The fourth-order valence-electron chi connectivity index (χ4n) is 2.78. The minimum absolute atomic E-state index is 0.0509. The predicted octanol–water partition coefficient (Wildman–Crippen LogP) is 3.86. The zero-order chi connectivity index (χ0) is 18.0. The molecular formula is C19H19F2NO3. The van der Waals surface area contributed by atoms with Crippen LogP contribution in [0, 0.1) is 17.6 Å². The van der Waals surface area contributed by atoms with Crippen molar-refractivity contribution in [3.8, 4) is 11.5 Å². The number of halogens is 2. The van der Waals surface area contributed by atoms with Crippen molar-refractivity contribution in [3.05, 3.63) is 59.2 Å². The molecule has 0 bridgehead atoms. The molecular weight excluding hydrogens is 328 g/mol. The highest BCUT2D eigenvalue weighted by atomic mass is 19.1. The highest BCUT2D eigenvalue weighted by Gasteiger charge is 2.23. The van der Waals surface area contributed by atoms with Crippen LogP contribution in [-0.2, 0) is 0 Å². The second kappa shape index (κ2) is 7.09. The quantitative estimate of drug-likeness (QED) is 0.913. The van der Waals surface area contributed by atoms with Crippen molar-refractivity contribution in [2.45, 2.75) is 19.9 Å². The van der Waals surface area contributed by atoms with Gasteiger partial charge in [0.05, 0.1) is 11.6 Å². The van der Waals surface area contributed by atoms with E-state index >= 15 is 0 Å². The van der Waals surface area contributed by atoms with E-state index in [1.165, 1.54) is 0 Å². The van der Waals surface area contributed by atoms with Crippen LogP contribution in [0.15, 0.2) is 36.4 Å². The Balaban J connectivity index is 1.85. The molecule has 0 aromatic heterocycles. The van der Waals surface area contributed by atoms with Gasteiger partial charge in [-0.15, -0.1) is 0 Å². The molecule has 1 heterocycles. The van der Waals surface area contributed by atoms with E-state index in [9.17, 15) is 13.6 Å². The molecule has 0 fully saturated rings. The number of amides is 1. The van der Waals surface area contributed by atoms with Crippen molar-refractivity contribution in [1.82, 2.24) is 5.32 Å². The Kier molecular flexibility index (Phi) is 4.88. The number of rotatable bonds is 4. The lowest BCUT2D eigenvalue weighted by Crippen LogP contribution is -2.32. The summed E-state index contributed by atoms with van der Waals surface area (Å²) in [6.45, 7) is 4.86. The molecule has 1 N–H and O–H groups in total. The first-order valence-electron chi connectivity index (χ1n) is 8.11. The molecule has 0 saturated heterocycles. The van der Waals surface area contributed by atoms with Crippen molar-refractivity contribution in [3.63, 3.8) is 0 Å². The lowest BCUT2D eigenvalue weighted by Gasteiger charge is -2.25. The first kappa shape index (κ1) is 17.2. The van der Waals surface area contributed by atoms with Crippen molar-refractivity contribution >= 4 is 5.91 Å². The maximum atomic E-state index is 13.8. The van der Waals surface area contributed by atoms with Crippen LogP contribution < -0.4 is 14.8 Å². The van der Waals surface area contributed by atoms with Gasteiger partial charge in [-0.05, 0) is 35.7 Å². The molecule has 2 aromatic rings. The Labute approximate surface area is 144 Å². The van der Waals surface area contributed by atoms with Gasteiger partial charge in [0, 0.05) is 6.07 Å². The molecule has 1 aliphatic heterocycles. The van der Waals surface area contributed by atoms with Gasteiger partial charge in [0.25, 0.3) is 5.91 Å². The highest BCUT2D eigenvalue weighted by Crippen LogP contribution is 2.34. The van der Waals surface area contributed by atoms with Crippen LogP contribution in [0.2, 0.25) is 0 Å². The molecule has 0 unspecified atom stereocenters. The summed E-state index contributed by atoms with van der Waals surface area (Å²) in [6, 6.07) is 8.01. The van der Waals surface area contributed by atoms with Crippen molar-refractivity contribution in [2.75, 3.05) is 13.2 Å². The summed E-state index contributed by atoms with van der Waals surface area (Å²) in [7, 11) is 0. The number of hydrogen-bond acceptors (Lipinski definition) is 3. The fraction of sp³-hybridized carbons (Fsp3) is 0.316. The summed E-state index contributed by atoms with van der Waals surface area (Å²) < 4.78 is 37.9. The van der Waals surface area contributed by atoms with Crippen LogP contribution in [-0.4, -0.2) is 19.1 Å². The van der Waals surface area contributed by atoms with Gasteiger partial charge in [0.1, 0.15) is 24.8 Å². The number of carbonyl (C=O) groups is 1. The van der Waals surface area contributed by atoms with Crippen molar-refractivity contribution in [2.24, 2.45) is 5.92 Å². The van der Waals surface area contributed by atoms with E-state index in [1.54, 1.807) is 6.07 Å².